The van der Waals surface area contributed by atoms with Crippen LogP contribution in [0.3, 0.4) is 0 Å². The SMILES string of the molecule is O=C(Cc1ccon1)Nc1cccc2oc(C(F)(F)F)nc12. The zero-order valence-corrected chi connectivity index (χ0v) is 10.8. The fourth-order valence-electron chi connectivity index (χ4n) is 1.86. The number of halogens is 3. The van der Waals surface area contributed by atoms with Gasteiger partial charge in [-0.1, -0.05) is 11.2 Å². The number of fused-ring (bicyclic) bond motifs is 1. The van der Waals surface area contributed by atoms with Gasteiger partial charge in [0.15, 0.2) is 5.58 Å². The minimum Gasteiger partial charge on any atom is -0.433 e. The van der Waals surface area contributed by atoms with Crippen LogP contribution in [0.25, 0.3) is 11.1 Å². The molecule has 6 nitrogen and oxygen atoms in total. The van der Waals surface area contributed by atoms with E-state index in [1.54, 1.807) is 0 Å². The Bertz CT molecular complexity index is 809. The van der Waals surface area contributed by atoms with Gasteiger partial charge in [-0.25, -0.2) is 4.98 Å². The van der Waals surface area contributed by atoms with Gasteiger partial charge >= 0.3 is 12.1 Å². The van der Waals surface area contributed by atoms with Gasteiger partial charge in [-0.3, -0.25) is 4.79 Å². The van der Waals surface area contributed by atoms with Gasteiger partial charge in [0, 0.05) is 6.07 Å². The Labute approximate surface area is 120 Å². The van der Waals surface area contributed by atoms with Crippen LogP contribution in [0.4, 0.5) is 18.9 Å². The summed E-state index contributed by atoms with van der Waals surface area (Å²) < 4.78 is 47.1. The molecule has 3 aromatic rings. The lowest BCUT2D eigenvalue weighted by Crippen LogP contribution is -2.14. The largest absolute Gasteiger partial charge is 0.468 e. The molecule has 0 aliphatic heterocycles. The third-order valence-electron chi connectivity index (χ3n) is 2.77. The van der Waals surface area contributed by atoms with Gasteiger partial charge in [0.2, 0.25) is 5.91 Å². The van der Waals surface area contributed by atoms with Crippen molar-refractivity contribution in [3.8, 4) is 0 Å². The van der Waals surface area contributed by atoms with E-state index in [0.29, 0.717) is 5.69 Å². The lowest BCUT2D eigenvalue weighted by molar-refractivity contribution is -0.156. The maximum Gasteiger partial charge on any atom is 0.468 e. The zero-order chi connectivity index (χ0) is 15.7. The Morgan fingerprint density at radius 1 is 1.27 bits per heavy atom. The summed E-state index contributed by atoms with van der Waals surface area (Å²) in [6.07, 6.45) is -3.45. The normalized spacial score (nSPS) is 11.8. The van der Waals surface area contributed by atoms with Crippen molar-refractivity contribution in [2.24, 2.45) is 0 Å². The van der Waals surface area contributed by atoms with Crippen molar-refractivity contribution in [2.45, 2.75) is 12.6 Å². The fourth-order valence-corrected chi connectivity index (χ4v) is 1.86. The zero-order valence-electron chi connectivity index (χ0n) is 10.8. The molecule has 1 aromatic carbocycles. The lowest BCUT2D eigenvalue weighted by Gasteiger charge is -2.03. The van der Waals surface area contributed by atoms with Gasteiger partial charge in [-0.2, -0.15) is 13.2 Å². The van der Waals surface area contributed by atoms with Gasteiger partial charge in [-0.15, -0.1) is 0 Å². The number of hydrogen-bond donors (Lipinski definition) is 1. The van der Waals surface area contributed by atoms with Crippen molar-refractivity contribution in [1.82, 2.24) is 10.1 Å². The molecule has 1 amide bonds. The van der Waals surface area contributed by atoms with E-state index in [9.17, 15) is 18.0 Å². The van der Waals surface area contributed by atoms with Crippen molar-refractivity contribution >= 4 is 22.7 Å². The van der Waals surface area contributed by atoms with Gasteiger partial charge in [0.25, 0.3) is 0 Å². The molecule has 0 saturated heterocycles. The minimum absolute atomic E-state index is 0.0634. The number of nitrogens with zero attached hydrogens (tertiary/aromatic N) is 2. The maximum absolute atomic E-state index is 12.6. The second kappa shape index (κ2) is 5.17. The first-order valence-electron chi connectivity index (χ1n) is 6.09. The molecular formula is C13H8F3N3O3. The summed E-state index contributed by atoms with van der Waals surface area (Å²) in [5.74, 6) is -1.82. The van der Waals surface area contributed by atoms with E-state index in [4.69, 9.17) is 0 Å². The Morgan fingerprint density at radius 2 is 2.09 bits per heavy atom. The molecule has 0 radical (unpaired) electrons. The topological polar surface area (TPSA) is 81.2 Å². The number of benzene rings is 1. The first-order chi connectivity index (χ1) is 10.4. The van der Waals surface area contributed by atoms with Crippen molar-refractivity contribution in [2.75, 3.05) is 5.32 Å². The summed E-state index contributed by atoms with van der Waals surface area (Å²) in [6.45, 7) is 0. The van der Waals surface area contributed by atoms with Crippen LogP contribution in [0.2, 0.25) is 0 Å². The monoisotopic (exact) mass is 311 g/mol. The molecule has 0 saturated carbocycles. The first-order valence-corrected chi connectivity index (χ1v) is 6.09. The predicted molar refractivity (Wildman–Crippen MR) is 67.8 cm³/mol. The van der Waals surface area contributed by atoms with Crippen LogP contribution in [-0.4, -0.2) is 16.0 Å². The number of alkyl halides is 3. The molecule has 114 valence electrons. The second-order valence-electron chi connectivity index (χ2n) is 4.38. The minimum atomic E-state index is -4.69. The van der Waals surface area contributed by atoms with Crippen LogP contribution in [0.5, 0.6) is 0 Å². The highest BCUT2D eigenvalue weighted by molar-refractivity contribution is 5.99. The molecule has 1 N–H and O–H groups in total. The molecule has 0 unspecified atom stereocenters. The summed E-state index contributed by atoms with van der Waals surface area (Å²) in [5.41, 5.74) is 0.404. The summed E-state index contributed by atoms with van der Waals surface area (Å²) in [5, 5.41) is 6.06. The van der Waals surface area contributed by atoms with Crippen LogP contribution < -0.4 is 5.32 Å². The molecule has 22 heavy (non-hydrogen) atoms. The number of amides is 1. The predicted octanol–water partition coefficient (Wildman–Crippen LogP) is 3.02. The number of carbonyl (C=O) groups is 1. The number of nitrogens with one attached hydrogen (secondary N) is 1. The molecule has 2 aromatic heterocycles. The quantitative estimate of drug-likeness (QED) is 0.804. The van der Waals surface area contributed by atoms with E-state index in [1.165, 1.54) is 30.5 Å². The van der Waals surface area contributed by atoms with Gasteiger partial charge in [0.1, 0.15) is 11.8 Å². The number of para-hydroxylation sites is 1. The van der Waals surface area contributed by atoms with E-state index in [2.05, 4.69) is 24.4 Å². The molecule has 0 bridgehead atoms. The summed E-state index contributed by atoms with van der Waals surface area (Å²) in [4.78, 5) is 15.2. The molecule has 0 aliphatic rings. The molecule has 0 fully saturated rings. The van der Waals surface area contributed by atoms with E-state index in [1.807, 2.05) is 0 Å². The van der Waals surface area contributed by atoms with E-state index in [0.717, 1.165) is 0 Å². The Morgan fingerprint density at radius 3 is 2.77 bits per heavy atom. The average molecular weight is 311 g/mol. The van der Waals surface area contributed by atoms with Gasteiger partial charge < -0.3 is 14.3 Å². The first kappa shape index (κ1) is 14.1. The van der Waals surface area contributed by atoms with Crippen LogP contribution in [0, 0.1) is 0 Å². The number of oxazole rings is 1. The highest BCUT2D eigenvalue weighted by atomic mass is 19.4. The second-order valence-corrected chi connectivity index (χ2v) is 4.38. The molecule has 9 heteroatoms. The van der Waals surface area contributed by atoms with Crippen molar-refractivity contribution in [3.05, 3.63) is 42.1 Å². The third-order valence-corrected chi connectivity index (χ3v) is 2.77. The smallest absolute Gasteiger partial charge is 0.433 e. The number of hydrogen-bond acceptors (Lipinski definition) is 5. The molecule has 2 heterocycles. The van der Waals surface area contributed by atoms with Crippen molar-refractivity contribution in [1.29, 1.82) is 0 Å². The highest BCUT2D eigenvalue weighted by Crippen LogP contribution is 2.33. The third kappa shape index (κ3) is 2.78. The number of aromatic nitrogens is 2. The number of carbonyl (C=O) groups excluding carboxylic acids is 1. The summed E-state index contributed by atoms with van der Waals surface area (Å²) in [7, 11) is 0. The lowest BCUT2D eigenvalue weighted by atomic mass is 10.2. The molecule has 0 atom stereocenters. The average Bonchev–Trinajstić information content (AvgIpc) is 3.06. The van der Waals surface area contributed by atoms with Crippen LogP contribution >= 0.6 is 0 Å². The number of rotatable bonds is 3. The standard InChI is InChI=1S/C13H8F3N3O3/c14-13(15,16)12-18-11-8(2-1-3-9(11)22-12)17-10(20)6-7-4-5-21-19-7/h1-5H,6H2,(H,17,20). The Balaban J connectivity index is 1.87. The Kier molecular flexibility index (Phi) is 3.32. The van der Waals surface area contributed by atoms with Crippen molar-refractivity contribution < 1.29 is 26.9 Å². The molecule has 0 spiro atoms. The molecule has 0 aliphatic carbocycles. The van der Waals surface area contributed by atoms with Crippen LogP contribution in [-0.2, 0) is 17.4 Å². The number of anilines is 1. The summed E-state index contributed by atoms with van der Waals surface area (Å²) >= 11 is 0. The molecular weight excluding hydrogens is 303 g/mol. The molecule has 3 rings (SSSR count). The van der Waals surface area contributed by atoms with Gasteiger partial charge in [0.05, 0.1) is 17.8 Å². The Hall–Kier alpha value is -2.84. The van der Waals surface area contributed by atoms with Gasteiger partial charge in [-0.05, 0) is 12.1 Å². The van der Waals surface area contributed by atoms with E-state index >= 15 is 0 Å². The summed E-state index contributed by atoms with van der Waals surface area (Å²) in [6, 6.07) is 5.74. The fraction of sp³-hybridized carbons (Fsp3) is 0.154. The van der Waals surface area contributed by atoms with E-state index in [-0.39, 0.29) is 23.2 Å². The van der Waals surface area contributed by atoms with E-state index < -0.39 is 18.0 Å². The highest BCUT2D eigenvalue weighted by Gasteiger charge is 2.37. The van der Waals surface area contributed by atoms with Crippen LogP contribution in [0.15, 0.2) is 39.5 Å². The van der Waals surface area contributed by atoms with Crippen molar-refractivity contribution in [3.63, 3.8) is 0 Å². The maximum atomic E-state index is 12.6. The van der Waals surface area contributed by atoms with Crippen LogP contribution in [0.1, 0.15) is 11.6 Å².